The van der Waals surface area contributed by atoms with Gasteiger partial charge in [0.05, 0.1) is 0 Å². The van der Waals surface area contributed by atoms with E-state index >= 15 is 0 Å². The molecule has 0 atom stereocenters. The van der Waals surface area contributed by atoms with Crippen molar-refractivity contribution in [3.05, 3.63) is 35.4 Å². The van der Waals surface area contributed by atoms with Crippen LogP contribution in [0.1, 0.15) is 11.1 Å². The molecule has 4 heteroatoms. The Balaban J connectivity index is 1.61. The van der Waals surface area contributed by atoms with Gasteiger partial charge in [-0.25, -0.2) is 0 Å². The molecule has 0 spiro atoms. The highest BCUT2D eigenvalue weighted by Crippen LogP contribution is 2.15. The molecule has 2 aliphatic heterocycles. The maximum atomic E-state index is 3.43. The summed E-state index contributed by atoms with van der Waals surface area (Å²) in [6.07, 6.45) is 0. The lowest BCUT2D eigenvalue weighted by molar-refractivity contribution is 0.147. The molecular weight excluding hydrogens is 260 g/mol. The largest absolute Gasteiger partial charge is 0.314 e. The zero-order valence-corrected chi connectivity index (χ0v) is 13.2. The van der Waals surface area contributed by atoms with E-state index in [4.69, 9.17) is 0 Å². The van der Waals surface area contributed by atoms with Crippen LogP contribution in [0, 0.1) is 0 Å². The summed E-state index contributed by atoms with van der Waals surface area (Å²) in [7, 11) is 2.22. The molecule has 0 aromatic heterocycles. The third kappa shape index (κ3) is 4.27. The van der Waals surface area contributed by atoms with Crippen LogP contribution in [0.25, 0.3) is 0 Å². The number of piperazine rings is 2. The number of nitrogens with zero attached hydrogens (tertiary/aromatic N) is 3. The molecule has 4 nitrogen and oxygen atoms in total. The highest BCUT2D eigenvalue weighted by atomic mass is 15.2. The van der Waals surface area contributed by atoms with Gasteiger partial charge in [-0.3, -0.25) is 9.80 Å². The summed E-state index contributed by atoms with van der Waals surface area (Å²) in [6.45, 7) is 11.6. The van der Waals surface area contributed by atoms with Crippen molar-refractivity contribution in [2.45, 2.75) is 13.1 Å². The zero-order chi connectivity index (χ0) is 14.5. The van der Waals surface area contributed by atoms with Gasteiger partial charge in [0.15, 0.2) is 0 Å². The fourth-order valence-corrected chi connectivity index (χ4v) is 3.22. The molecule has 0 unspecified atom stereocenters. The number of benzene rings is 1. The Kier molecular flexibility index (Phi) is 5.25. The third-order valence-electron chi connectivity index (χ3n) is 4.71. The summed E-state index contributed by atoms with van der Waals surface area (Å²) in [4.78, 5) is 7.58. The second-order valence-corrected chi connectivity index (χ2v) is 6.37. The molecule has 116 valence electrons. The molecule has 0 radical (unpaired) electrons. The van der Waals surface area contributed by atoms with Crippen LogP contribution in [0.3, 0.4) is 0 Å². The summed E-state index contributed by atoms with van der Waals surface area (Å²) >= 11 is 0. The molecule has 0 amide bonds. The predicted molar refractivity (Wildman–Crippen MR) is 87.4 cm³/mol. The lowest BCUT2D eigenvalue weighted by Crippen LogP contribution is -2.44. The highest BCUT2D eigenvalue weighted by Gasteiger charge is 2.16. The number of hydrogen-bond acceptors (Lipinski definition) is 4. The minimum absolute atomic E-state index is 1.10. The maximum absolute atomic E-state index is 3.43. The average Bonchev–Trinajstić information content (AvgIpc) is 2.52. The Morgan fingerprint density at radius 3 is 1.90 bits per heavy atom. The average molecular weight is 288 g/mol. The summed E-state index contributed by atoms with van der Waals surface area (Å²) in [5, 5.41) is 3.43. The van der Waals surface area contributed by atoms with E-state index in [0.29, 0.717) is 0 Å². The van der Waals surface area contributed by atoms with Gasteiger partial charge in [-0.15, -0.1) is 0 Å². The quantitative estimate of drug-likeness (QED) is 0.886. The smallest absolute Gasteiger partial charge is 0.0238 e. The second kappa shape index (κ2) is 7.36. The number of hydrogen-bond donors (Lipinski definition) is 1. The van der Waals surface area contributed by atoms with Gasteiger partial charge in [-0.05, 0) is 18.2 Å². The molecule has 2 aliphatic rings. The number of likely N-dealkylation sites (N-methyl/N-ethyl adjacent to an activating group) is 1. The Hall–Kier alpha value is -0.940. The van der Waals surface area contributed by atoms with Gasteiger partial charge in [-0.1, -0.05) is 24.3 Å². The van der Waals surface area contributed by atoms with Crippen molar-refractivity contribution in [2.24, 2.45) is 0 Å². The molecule has 1 N–H and O–H groups in total. The molecule has 2 fully saturated rings. The lowest BCUT2D eigenvalue weighted by Gasteiger charge is -2.33. The van der Waals surface area contributed by atoms with Crippen LogP contribution in [0.5, 0.6) is 0 Å². The van der Waals surface area contributed by atoms with Crippen LogP contribution >= 0.6 is 0 Å². The van der Waals surface area contributed by atoms with Crippen molar-refractivity contribution >= 4 is 0 Å². The number of nitrogens with one attached hydrogen (secondary N) is 1. The summed E-state index contributed by atoms with van der Waals surface area (Å²) in [6, 6.07) is 9.00. The van der Waals surface area contributed by atoms with E-state index < -0.39 is 0 Å². The highest BCUT2D eigenvalue weighted by molar-refractivity contribution is 5.27. The van der Waals surface area contributed by atoms with Crippen molar-refractivity contribution in [3.63, 3.8) is 0 Å². The zero-order valence-electron chi connectivity index (χ0n) is 13.2. The molecule has 0 bridgehead atoms. The first kappa shape index (κ1) is 15.0. The molecule has 0 saturated carbocycles. The van der Waals surface area contributed by atoms with Crippen LogP contribution < -0.4 is 5.32 Å². The van der Waals surface area contributed by atoms with Crippen LogP contribution in [-0.2, 0) is 13.1 Å². The summed E-state index contributed by atoms with van der Waals surface area (Å²) < 4.78 is 0. The van der Waals surface area contributed by atoms with Crippen LogP contribution in [0.15, 0.2) is 24.3 Å². The third-order valence-corrected chi connectivity index (χ3v) is 4.71. The Labute approximate surface area is 128 Å². The van der Waals surface area contributed by atoms with Crippen molar-refractivity contribution < 1.29 is 0 Å². The first-order valence-corrected chi connectivity index (χ1v) is 8.22. The van der Waals surface area contributed by atoms with Crippen molar-refractivity contribution in [1.29, 1.82) is 0 Å². The molecule has 2 saturated heterocycles. The molecular formula is C17H28N4. The number of rotatable bonds is 4. The van der Waals surface area contributed by atoms with Gasteiger partial charge in [-0.2, -0.15) is 0 Å². The van der Waals surface area contributed by atoms with E-state index in [0.717, 1.165) is 26.2 Å². The Bertz CT molecular complexity index is 434. The van der Waals surface area contributed by atoms with Crippen LogP contribution in [0.2, 0.25) is 0 Å². The fourth-order valence-electron chi connectivity index (χ4n) is 3.22. The first-order chi connectivity index (χ1) is 10.3. The van der Waals surface area contributed by atoms with E-state index in [2.05, 4.69) is 51.3 Å². The standard InChI is InChI=1S/C17H28N4/c1-19-10-12-21(13-11-19)15-17-5-3-2-4-16(17)14-20-8-6-18-7-9-20/h2-5,18H,6-15H2,1H3. The summed E-state index contributed by atoms with van der Waals surface area (Å²) in [5.41, 5.74) is 3.03. The first-order valence-electron chi connectivity index (χ1n) is 8.22. The van der Waals surface area contributed by atoms with E-state index in [1.165, 1.54) is 50.4 Å². The minimum Gasteiger partial charge on any atom is -0.314 e. The van der Waals surface area contributed by atoms with Crippen LogP contribution in [0.4, 0.5) is 0 Å². The molecule has 2 heterocycles. The normalized spacial score (nSPS) is 22.5. The van der Waals surface area contributed by atoms with Gasteiger partial charge in [0.25, 0.3) is 0 Å². The second-order valence-electron chi connectivity index (χ2n) is 6.37. The molecule has 21 heavy (non-hydrogen) atoms. The lowest BCUT2D eigenvalue weighted by atomic mass is 10.1. The summed E-state index contributed by atoms with van der Waals surface area (Å²) in [5.74, 6) is 0. The fraction of sp³-hybridized carbons (Fsp3) is 0.647. The minimum atomic E-state index is 1.10. The van der Waals surface area contributed by atoms with E-state index in [1.54, 1.807) is 0 Å². The molecule has 1 aromatic carbocycles. The van der Waals surface area contributed by atoms with Gasteiger partial charge >= 0.3 is 0 Å². The van der Waals surface area contributed by atoms with Crippen LogP contribution in [-0.4, -0.2) is 74.1 Å². The molecule has 3 rings (SSSR count). The van der Waals surface area contributed by atoms with Gasteiger partial charge < -0.3 is 10.2 Å². The molecule has 1 aromatic rings. The topological polar surface area (TPSA) is 21.8 Å². The Morgan fingerprint density at radius 1 is 0.810 bits per heavy atom. The van der Waals surface area contributed by atoms with Gasteiger partial charge in [0, 0.05) is 65.4 Å². The maximum Gasteiger partial charge on any atom is 0.0238 e. The van der Waals surface area contributed by atoms with Gasteiger partial charge in [0.2, 0.25) is 0 Å². The van der Waals surface area contributed by atoms with Crippen molar-refractivity contribution in [3.8, 4) is 0 Å². The van der Waals surface area contributed by atoms with E-state index in [9.17, 15) is 0 Å². The van der Waals surface area contributed by atoms with Crippen molar-refractivity contribution in [1.82, 2.24) is 20.0 Å². The monoisotopic (exact) mass is 288 g/mol. The van der Waals surface area contributed by atoms with Gasteiger partial charge in [0.1, 0.15) is 0 Å². The Morgan fingerprint density at radius 2 is 1.33 bits per heavy atom. The predicted octanol–water partition coefficient (Wildman–Crippen LogP) is 0.839. The van der Waals surface area contributed by atoms with E-state index in [1.807, 2.05) is 0 Å². The van der Waals surface area contributed by atoms with E-state index in [-0.39, 0.29) is 0 Å². The van der Waals surface area contributed by atoms with Crippen molar-refractivity contribution in [2.75, 3.05) is 59.4 Å². The molecule has 0 aliphatic carbocycles. The SMILES string of the molecule is CN1CCN(Cc2ccccc2CN2CCNCC2)CC1.